The zero-order valence-corrected chi connectivity index (χ0v) is 15.2. The van der Waals surface area contributed by atoms with Gasteiger partial charge >= 0.3 is 0 Å². The molecule has 1 fully saturated rings. The third-order valence-electron chi connectivity index (χ3n) is 4.21. The standard InChI is InChI=1S/C17H20Cl2N4O/c1-9-7-23(8-10(2)21-9)16-13(6-15(20)24)12-5-11(18)3-4-14(12)22-17(16)19/h3-5,9-10,21H,6-8H2,1-2H3,(H2,20,24)/t9-,10+. The van der Waals surface area contributed by atoms with Crippen LogP contribution in [0.4, 0.5) is 5.69 Å². The highest BCUT2D eigenvalue weighted by Crippen LogP contribution is 2.36. The number of fused-ring (bicyclic) bond motifs is 1. The Labute approximate surface area is 151 Å². The number of nitrogens with zero attached hydrogens (tertiary/aromatic N) is 2. The van der Waals surface area contributed by atoms with Crippen LogP contribution in [0.1, 0.15) is 19.4 Å². The van der Waals surface area contributed by atoms with Crippen LogP contribution in [0.2, 0.25) is 10.2 Å². The number of primary amides is 1. The van der Waals surface area contributed by atoms with Gasteiger partial charge < -0.3 is 16.0 Å². The second-order valence-corrected chi connectivity index (χ2v) is 7.20. The van der Waals surface area contributed by atoms with E-state index < -0.39 is 5.91 Å². The van der Waals surface area contributed by atoms with Gasteiger partial charge in [-0.1, -0.05) is 23.2 Å². The highest BCUT2D eigenvalue weighted by atomic mass is 35.5. The number of nitrogens with two attached hydrogens (primary N) is 1. The molecule has 0 aliphatic carbocycles. The molecule has 128 valence electrons. The van der Waals surface area contributed by atoms with Crippen LogP contribution in [0, 0.1) is 0 Å². The third kappa shape index (κ3) is 3.43. The van der Waals surface area contributed by atoms with E-state index in [0.717, 1.165) is 29.7 Å². The molecule has 3 N–H and O–H groups in total. The van der Waals surface area contributed by atoms with Crippen LogP contribution in [0.3, 0.4) is 0 Å². The molecular formula is C17H20Cl2N4O. The van der Waals surface area contributed by atoms with E-state index in [1.54, 1.807) is 12.1 Å². The Morgan fingerprint density at radius 2 is 2.00 bits per heavy atom. The minimum atomic E-state index is -0.406. The first-order valence-corrected chi connectivity index (χ1v) is 8.67. The zero-order valence-electron chi connectivity index (χ0n) is 13.6. The van der Waals surface area contributed by atoms with Crippen molar-refractivity contribution in [3.05, 3.63) is 33.9 Å². The van der Waals surface area contributed by atoms with Gasteiger partial charge in [0.2, 0.25) is 5.91 Å². The molecule has 0 radical (unpaired) electrons. The number of benzene rings is 1. The lowest BCUT2D eigenvalue weighted by atomic mass is 10.0. The summed E-state index contributed by atoms with van der Waals surface area (Å²) in [6.07, 6.45) is 0.0983. The predicted molar refractivity (Wildman–Crippen MR) is 98.9 cm³/mol. The summed E-state index contributed by atoms with van der Waals surface area (Å²) in [5.41, 5.74) is 7.77. The lowest BCUT2D eigenvalue weighted by molar-refractivity contribution is -0.117. The molecule has 1 aliphatic rings. The van der Waals surface area contributed by atoms with Gasteiger partial charge in [-0.2, -0.15) is 0 Å². The topological polar surface area (TPSA) is 71.2 Å². The molecule has 1 saturated heterocycles. The van der Waals surface area contributed by atoms with E-state index in [0.29, 0.717) is 27.8 Å². The highest BCUT2D eigenvalue weighted by Gasteiger charge is 2.27. The molecule has 2 heterocycles. The van der Waals surface area contributed by atoms with E-state index in [2.05, 4.69) is 29.0 Å². The molecule has 0 spiro atoms. The van der Waals surface area contributed by atoms with Gasteiger partial charge in [-0.25, -0.2) is 4.98 Å². The number of carbonyl (C=O) groups excluding carboxylic acids is 1. The van der Waals surface area contributed by atoms with Crippen molar-refractivity contribution in [2.24, 2.45) is 5.73 Å². The first kappa shape index (κ1) is 17.3. The average molecular weight is 367 g/mol. The van der Waals surface area contributed by atoms with Crippen molar-refractivity contribution in [1.82, 2.24) is 10.3 Å². The summed E-state index contributed by atoms with van der Waals surface area (Å²) in [5, 5.41) is 5.29. The second kappa shape index (κ2) is 6.75. The third-order valence-corrected chi connectivity index (χ3v) is 4.71. The smallest absolute Gasteiger partial charge is 0.221 e. The Balaban J connectivity index is 2.21. The van der Waals surface area contributed by atoms with E-state index in [-0.39, 0.29) is 6.42 Å². The molecule has 7 heteroatoms. The molecule has 1 amide bonds. The van der Waals surface area contributed by atoms with Gasteiger partial charge in [-0.15, -0.1) is 0 Å². The fourth-order valence-corrected chi connectivity index (χ4v) is 3.94. The molecule has 3 rings (SSSR count). The number of hydrogen-bond donors (Lipinski definition) is 2. The van der Waals surface area contributed by atoms with Gasteiger partial charge in [0, 0.05) is 35.6 Å². The Kier molecular flexibility index (Phi) is 4.85. The summed E-state index contributed by atoms with van der Waals surface area (Å²) < 4.78 is 0. The van der Waals surface area contributed by atoms with E-state index in [4.69, 9.17) is 28.9 Å². The molecule has 0 saturated carbocycles. The van der Waals surface area contributed by atoms with Crippen LogP contribution in [-0.4, -0.2) is 36.1 Å². The zero-order chi connectivity index (χ0) is 17.4. The number of halogens is 2. The van der Waals surface area contributed by atoms with Crippen LogP contribution in [0.15, 0.2) is 18.2 Å². The maximum atomic E-state index is 11.7. The fraction of sp³-hybridized carbons (Fsp3) is 0.412. The second-order valence-electron chi connectivity index (χ2n) is 6.41. The molecule has 24 heavy (non-hydrogen) atoms. The van der Waals surface area contributed by atoms with Crippen LogP contribution < -0.4 is 16.0 Å². The lowest BCUT2D eigenvalue weighted by Crippen LogP contribution is -2.54. The fourth-order valence-electron chi connectivity index (χ4n) is 3.44. The number of pyridine rings is 1. The molecular weight excluding hydrogens is 347 g/mol. The van der Waals surface area contributed by atoms with Crippen LogP contribution >= 0.6 is 23.2 Å². The molecule has 5 nitrogen and oxygen atoms in total. The Hall–Kier alpha value is -1.56. The molecule has 1 aliphatic heterocycles. The highest BCUT2D eigenvalue weighted by molar-refractivity contribution is 6.33. The van der Waals surface area contributed by atoms with Crippen LogP contribution in [-0.2, 0) is 11.2 Å². The van der Waals surface area contributed by atoms with Crippen molar-refractivity contribution in [3.8, 4) is 0 Å². The van der Waals surface area contributed by atoms with Gasteiger partial charge in [0.05, 0.1) is 17.6 Å². The summed E-state index contributed by atoms with van der Waals surface area (Å²) in [6, 6.07) is 6.00. The summed E-state index contributed by atoms with van der Waals surface area (Å²) in [4.78, 5) is 18.4. The first-order chi connectivity index (χ1) is 11.3. The molecule has 2 atom stereocenters. The van der Waals surface area contributed by atoms with Crippen LogP contribution in [0.25, 0.3) is 10.9 Å². The first-order valence-electron chi connectivity index (χ1n) is 7.92. The van der Waals surface area contributed by atoms with Crippen molar-refractivity contribution in [1.29, 1.82) is 0 Å². The van der Waals surface area contributed by atoms with Gasteiger partial charge in [0.15, 0.2) is 5.15 Å². The SMILES string of the molecule is C[C@@H]1CN(c2c(Cl)nc3ccc(Cl)cc3c2CC(N)=O)C[C@H](C)N1. The Bertz CT molecular complexity index is 786. The van der Waals surface area contributed by atoms with Crippen molar-refractivity contribution in [2.75, 3.05) is 18.0 Å². The quantitative estimate of drug-likeness (QED) is 0.819. The van der Waals surface area contributed by atoms with Gasteiger partial charge in [-0.3, -0.25) is 4.79 Å². The predicted octanol–water partition coefficient (Wildman–Crippen LogP) is 2.76. The maximum Gasteiger partial charge on any atom is 0.221 e. The molecule has 0 bridgehead atoms. The van der Waals surface area contributed by atoms with Gasteiger partial charge in [0.1, 0.15) is 0 Å². The number of hydrogen-bond acceptors (Lipinski definition) is 4. The van der Waals surface area contributed by atoms with E-state index in [9.17, 15) is 4.79 Å². The van der Waals surface area contributed by atoms with E-state index >= 15 is 0 Å². The number of rotatable bonds is 3. The molecule has 1 aromatic carbocycles. The molecule has 2 aromatic rings. The monoisotopic (exact) mass is 366 g/mol. The summed E-state index contributed by atoms with van der Waals surface area (Å²) in [7, 11) is 0. The maximum absolute atomic E-state index is 11.7. The van der Waals surface area contributed by atoms with Crippen molar-refractivity contribution in [2.45, 2.75) is 32.4 Å². The number of carbonyl (C=O) groups is 1. The summed E-state index contributed by atoms with van der Waals surface area (Å²) in [6.45, 7) is 5.80. The number of aromatic nitrogens is 1. The Morgan fingerprint density at radius 1 is 1.33 bits per heavy atom. The normalized spacial score (nSPS) is 21.2. The number of anilines is 1. The minimum Gasteiger partial charge on any atom is -0.369 e. The number of piperazine rings is 1. The summed E-state index contributed by atoms with van der Waals surface area (Å²) >= 11 is 12.7. The molecule has 0 unspecified atom stereocenters. The van der Waals surface area contributed by atoms with Crippen molar-refractivity contribution in [3.63, 3.8) is 0 Å². The number of amides is 1. The van der Waals surface area contributed by atoms with Gasteiger partial charge in [0.25, 0.3) is 0 Å². The van der Waals surface area contributed by atoms with E-state index in [1.807, 2.05) is 6.07 Å². The van der Waals surface area contributed by atoms with Crippen molar-refractivity contribution >= 4 is 45.7 Å². The van der Waals surface area contributed by atoms with Crippen molar-refractivity contribution < 1.29 is 4.79 Å². The average Bonchev–Trinajstić information content (AvgIpc) is 2.46. The van der Waals surface area contributed by atoms with Crippen LogP contribution in [0.5, 0.6) is 0 Å². The Morgan fingerprint density at radius 3 is 2.62 bits per heavy atom. The number of nitrogens with one attached hydrogen (secondary N) is 1. The molecule has 1 aromatic heterocycles. The summed E-state index contributed by atoms with van der Waals surface area (Å²) in [5.74, 6) is -0.406. The van der Waals surface area contributed by atoms with Gasteiger partial charge in [-0.05, 0) is 37.6 Å². The van der Waals surface area contributed by atoms with E-state index in [1.165, 1.54) is 0 Å². The lowest BCUT2D eigenvalue weighted by Gasteiger charge is -2.39. The largest absolute Gasteiger partial charge is 0.369 e. The minimum absolute atomic E-state index is 0.0983.